The van der Waals surface area contributed by atoms with Crippen molar-refractivity contribution in [3.05, 3.63) is 69.2 Å². The van der Waals surface area contributed by atoms with Crippen LogP contribution in [0.2, 0.25) is 0 Å². The maximum atomic E-state index is 11.8. The predicted molar refractivity (Wildman–Crippen MR) is 81.5 cm³/mol. The van der Waals surface area contributed by atoms with Crippen LogP contribution in [-0.2, 0) is 6.54 Å². The Balaban J connectivity index is 1.90. The molecule has 5 heteroatoms. The van der Waals surface area contributed by atoms with Gasteiger partial charge in [0.2, 0.25) is 0 Å². The monoisotopic (exact) mass is 332 g/mol. The molecule has 2 heterocycles. The van der Waals surface area contributed by atoms with E-state index in [9.17, 15) is 4.79 Å². The van der Waals surface area contributed by atoms with Crippen molar-refractivity contribution >= 4 is 26.9 Å². The van der Waals surface area contributed by atoms with Gasteiger partial charge in [-0.2, -0.15) is 0 Å². The molecule has 1 atom stereocenters. The van der Waals surface area contributed by atoms with Gasteiger partial charge in [0.05, 0.1) is 6.04 Å². The Morgan fingerprint density at radius 2 is 2.05 bits per heavy atom. The fourth-order valence-corrected chi connectivity index (χ4v) is 2.51. The number of benzene rings is 1. The van der Waals surface area contributed by atoms with Gasteiger partial charge in [0.1, 0.15) is 11.3 Å². The number of para-hydroxylation sites is 1. The van der Waals surface area contributed by atoms with E-state index in [1.165, 1.54) is 6.07 Å². The minimum absolute atomic E-state index is 0.0836. The van der Waals surface area contributed by atoms with Gasteiger partial charge in [-0.05, 0) is 34.1 Å². The van der Waals surface area contributed by atoms with Gasteiger partial charge in [-0.3, -0.25) is 4.79 Å². The molecule has 0 aliphatic heterocycles. The first-order chi connectivity index (χ1) is 9.63. The zero-order valence-electron chi connectivity index (χ0n) is 10.6. The molecular formula is C15H13BrN2O2. The van der Waals surface area contributed by atoms with Crippen LogP contribution in [0.15, 0.2) is 62.3 Å². The van der Waals surface area contributed by atoms with Crippen molar-refractivity contribution in [2.24, 2.45) is 5.73 Å². The Labute approximate surface area is 123 Å². The number of fused-ring (bicyclic) bond motifs is 1. The molecule has 20 heavy (non-hydrogen) atoms. The second-order valence-electron chi connectivity index (χ2n) is 4.63. The molecular weight excluding hydrogens is 320 g/mol. The van der Waals surface area contributed by atoms with E-state index in [4.69, 9.17) is 10.2 Å². The van der Waals surface area contributed by atoms with E-state index >= 15 is 0 Å². The summed E-state index contributed by atoms with van der Waals surface area (Å²) in [6.45, 7) is 0.373. The van der Waals surface area contributed by atoms with Gasteiger partial charge in [-0.15, -0.1) is 0 Å². The fraction of sp³-hybridized carbons (Fsp3) is 0.133. The minimum Gasteiger partial charge on any atom is -0.459 e. The first-order valence-corrected chi connectivity index (χ1v) is 7.03. The molecule has 3 aromatic rings. The van der Waals surface area contributed by atoms with E-state index < -0.39 is 0 Å². The zero-order valence-corrected chi connectivity index (χ0v) is 12.2. The molecule has 2 N–H and O–H groups in total. The van der Waals surface area contributed by atoms with Crippen LogP contribution in [0.1, 0.15) is 11.8 Å². The lowest BCUT2D eigenvalue weighted by Gasteiger charge is -2.11. The number of hydrogen-bond acceptors (Lipinski definition) is 3. The third-order valence-corrected chi connectivity index (χ3v) is 3.62. The highest BCUT2D eigenvalue weighted by Crippen LogP contribution is 2.23. The smallest absolute Gasteiger partial charge is 0.250 e. The summed E-state index contributed by atoms with van der Waals surface area (Å²) in [6, 6.07) is 12.5. The molecule has 0 spiro atoms. The van der Waals surface area contributed by atoms with Crippen molar-refractivity contribution in [3.63, 3.8) is 0 Å². The van der Waals surface area contributed by atoms with Crippen molar-refractivity contribution in [1.82, 2.24) is 4.57 Å². The van der Waals surface area contributed by atoms with Crippen molar-refractivity contribution in [2.75, 3.05) is 0 Å². The van der Waals surface area contributed by atoms with E-state index in [-0.39, 0.29) is 11.6 Å². The lowest BCUT2D eigenvalue weighted by Crippen LogP contribution is -2.25. The van der Waals surface area contributed by atoms with E-state index in [0.29, 0.717) is 12.3 Å². The maximum Gasteiger partial charge on any atom is 0.250 e. The number of hydrogen-bond donors (Lipinski definition) is 1. The van der Waals surface area contributed by atoms with E-state index in [1.54, 1.807) is 16.8 Å². The molecule has 0 fully saturated rings. The molecule has 0 saturated carbocycles. The Morgan fingerprint density at radius 3 is 2.85 bits per heavy atom. The van der Waals surface area contributed by atoms with E-state index in [0.717, 1.165) is 15.4 Å². The maximum absolute atomic E-state index is 11.8. The predicted octanol–water partition coefficient (Wildman–Crippen LogP) is 3.06. The average Bonchev–Trinajstić information content (AvgIpc) is 2.87. The zero-order chi connectivity index (χ0) is 14.1. The average molecular weight is 333 g/mol. The highest BCUT2D eigenvalue weighted by atomic mass is 79.9. The lowest BCUT2D eigenvalue weighted by atomic mass is 10.2. The first kappa shape index (κ1) is 13.1. The number of halogens is 1. The summed E-state index contributed by atoms with van der Waals surface area (Å²) >= 11 is 3.35. The summed E-state index contributed by atoms with van der Waals surface area (Å²) in [5.41, 5.74) is 6.86. The second-order valence-corrected chi connectivity index (χ2v) is 5.55. The summed E-state index contributed by atoms with van der Waals surface area (Å²) in [5, 5.41) is 1.01. The van der Waals surface area contributed by atoms with Gasteiger partial charge < -0.3 is 14.7 Å². The number of furan rings is 1. The largest absolute Gasteiger partial charge is 0.459 e. The van der Waals surface area contributed by atoms with Crippen LogP contribution >= 0.6 is 15.9 Å². The molecule has 0 saturated heterocycles. The summed E-state index contributed by atoms with van der Waals surface area (Å²) < 4.78 is 8.13. The van der Waals surface area contributed by atoms with Crippen LogP contribution in [0.25, 0.3) is 11.0 Å². The van der Waals surface area contributed by atoms with Crippen LogP contribution in [0.5, 0.6) is 0 Å². The quantitative estimate of drug-likeness (QED) is 0.801. The van der Waals surface area contributed by atoms with Crippen molar-refractivity contribution < 1.29 is 4.42 Å². The summed E-state index contributed by atoms with van der Waals surface area (Å²) in [6.07, 6.45) is 1.73. The molecule has 0 bridgehead atoms. The molecule has 1 aromatic carbocycles. The van der Waals surface area contributed by atoms with E-state index in [2.05, 4.69) is 15.9 Å². The Morgan fingerprint density at radius 1 is 1.25 bits per heavy atom. The van der Waals surface area contributed by atoms with Gasteiger partial charge in [0, 0.05) is 28.7 Å². The normalized spacial score (nSPS) is 12.7. The summed E-state index contributed by atoms with van der Waals surface area (Å²) in [4.78, 5) is 11.8. The molecule has 4 nitrogen and oxygen atoms in total. The van der Waals surface area contributed by atoms with Crippen molar-refractivity contribution in [3.8, 4) is 0 Å². The number of pyridine rings is 1. The summed E-state index contributed by atoms with van der Waals surface area (Å²) in [5.74, 6) is 0.679. The number of nitrogens with zero attached hydrogens (tertiary/aromatic N) is 1. The first-order valence-electron chi connectivity index (χ1n) is 6.23. The topological polar surface area (TPSA) is 61.2 Å². The number of aromatic nitrogens is 1. The molecule has 3 rings (SSSR count). The van der Waals surface area contributed by atoms with Gasteiger partial charge in [0.15, 0.2) is 0 Å². The van der Waals surface area contributed by atoms with Crippen LogP contribution in [-0.4, -0.2) is 4.57 Å². The van der Waals surface area contributed by atoms with Gasteiger partial charge in [-0.1, -0.05) is 18.2 Å². The molecule has 0 aliphatic carbocycles. The Kier molecular flexibility index (Phi) is 3.46. The Hall–Kier alpha value is -1.85. The number of rotatable bonds is 3. The molecule has 102 valence electrons. The molecule has 1 unspecified atom stereocenters. The summed E-state index contributed by atoms with van der Waals surface area (Å²) in [7, 11) is 0. The van der Waals surface area contributed by atoms with Gasteiger partial charge in [0.25, 0.3) is 5.56 Å². The second kappa shape index (κ2) is 5.26. The van der Waals surface area contributed by atoms with Gasteiger partial charge >= 0.3 is 0 Å². The van der Waals surface area contributed by atoms with E-state index in [1.807, 2.05) is 30.3 Å². The SMILES string of the molecule is NC(Cn1cc(Br)ccc1=O)c1cc2ccccc2o1. The van der Waals surface area contributed by atoms with Crippen LogP contribution in [0.4, 0.5) is 0 Å². The number of nitrogens with two attached hydrogens (primary N) is 1. The molecule has 2 aromatic heterocycles. The third kappa shape index (κ3) is 2.55. The minimum atomic E-state index is -0.366. The Bertz CT molecular complexity index is 774. The molecule has 0 amide bonds. The standard InChI is InChI=1S/C15H13BrN2O2/c16-11-5-6-15(19)18(8-11)9-12(17)14-7-10-3-1-2-4-13(10)20-14/h1-8,12H,9,17H2. The van der Waals surface area contributed by atoms with Crippen molar-refractivity contribution in [2.45, 2.75) is 12.6 Å². The van der Waals surface area contributed by atoms with Crippen LogP contribution in [0.3, 0.4) is 0 Å². The fourth-order valence-electron chi connectivity index (χ4n) is 2.13. The lowest BCUT2D eigenvalue weighted by molar-refractivity contribution is 0.451. The van der Waals surface area contributed by atoms with Crippen LogP contribution in [0, 0.1) is 0 Å². The van der Waals surface area contributed by atoms with Gasteiger partial charge in [-0.25, -0.2) is 0 Å². The third-order valence-electron chi connectivity index (χ3n) is 3.15. The highest BCUT2D eigenvalue weighted by molar-refractivity contribution is 9.10. The molecule has 0 aliphatic rings. The highest BCUT2D eigenvalue weighted by Gasteiger charge is 2.13. The van der Waals surface area contributed by atoms with Crippen LogP contribution < -0.4 is 11.3 Å². The van der Waals surface area contributed by atoms with Crippen molar-refractivity contribution in [1.29, 1.82) is 0 Å². The molecule has 0 radical (unpaired) electrons.